The lowest BCUT2D eigenvalue weighted by atomic mass is 9.96. The van der Waals surface area contributed by atoms with Crippen molar-refractivity contribution in [3.05, 3.63) is 30.1 Å². The highest BCUT2D eigenvalue weighted by molar-refractivity contribution is 14.0. The number of fused-ring (bicyclic) bond motifs is 1. The molecule has 1 aliphatic heterocycles. The number of hydrogen-bond acceptors (Lipinski definition) is 3. The number of aromatic amines is 1. The minimum absolute atomic E-state index is 0. The van der Waals surface area contributed by atoms with Gasteiger partial charge in [-0.05, 0) is 43.7 Å². The van der Waals surface area contributed by atoms with Gasteiger partial charge >= 0.3 is 0 Å². The van der Waals surface area contributed by atoms with E-state index in [9.17, 15) is 0 Å². The maximum Gasteiger partial charge on any atom is 0.193 e. The molecule has 1 aliphatic rings. The number of para-hydroxylation sites is 2. The first kappa shape index (κ1) is 21.9. The normalized spacial score (nSPS) is 15.6. The molecular formula is C20H32IN5O. The van der Waals surface area contributed by atoms with Gasteiger partial charge in [-0.1, -0.05) is 12.1 Å². The fraction of sp³-hybridized carbons (Fsp3) is 0.600. The van der Waals surface area contributed by atoms with Crippen molar-refractivity contribution in [2.75, 3.05) is 40.4 Å². The van der Waals surface area contributed by atoms with Gasteiger partial charge in [-0.25, -0.2) is 4.98 Å². The molecule has 0 spiro atoms. The molecule has 1 aromatic heterocycles. The molecule has 1 saturated heterocycles. The SMILES string of the molecule is CN=C(NCCCc1nc2ccccc2[nH]1)N(C)CCC1CCOCC1.I. The van der Waals surface area contributed by atoms with E-state index in [0.29, 0.717) is 0 Å². The van der Waals surface area contributed by atoms with E-state index in [1.165, 1.54) is 19.3 Å². The second kappa shape index (κ2) is 11.5. The molecule has 2 heterocycles. The zero-order valence-corrected chi connectivity index (χ0v) is 18.7. The van der Waals surface area contributed by atoms with E-state index < -0.39 is 0 Å². The summed E-state index contributed by atoms with van der Waals surface area (Å²) in [6.07, 6.45) is 5.55. The van der Waals surface area contributed by atoms with E-state index in [0.717, 1.165) is 67.9 Å². The molecule has 27 heavy (non-hydrogen) atoms. The van der Waals surface area contributed by atoms with Gasteiger partial charge in [0.05, 0.1) is 11.0 Å². The predicted molar refractivity (Wildman–Crippen MR) is 122 cm³/mol. The van der Waals surface area contributed by atoms with Crippen LogP contribution < -0.4 is 5.32 Å². The fourth-order valence-corrected chi connectivity index (χ4v) is 3.48. The van der Waals surface area contributed by atoms with Gasteiger partial charge in [0.25, 0.3) is 0 Å². The third-order valence-corrected chi connectivity index (χ3v) is 5.10. The average molecular weight is 485 g/mol. The van der Waals surface area contributed by atoms with E-state index >= 15 is 0 Å². The van der Waals surface area contributed by atoms with Crippen LogP contribution in [0.5, 0.6) is 0 Å². The molecular weight excluding hydrogens is 453 g/mol. The summed E-state index contributed by atoms with van der Waals surface area (Å²) in [5.74, 6) is 2.81. The molecule has 1 aromatic carbocycles. The fourth-order valence-electron chi connectivity index (χ4n) is 3.48. The molecule has 0 amide bonds. The lowest BCUT2D eigenvalue weighted by molar-refractivity contribution is 0.0625. The van der Waals surface area contributed by atoms with E-state index in [4.69, 9.17) is 4.74 Å². The van der Waals surface area contributed by atoms with E-state index in [2.05, 4.69) is 38.3 Å². The molecule has 0 saturated carbocycles. The van der Waals surface area contributed by atoms with Crippen LogP contribution in [-0.2, 0) is 11.2 Å². The molecule has 2 N–H and O–H groups in total. The summed E-state index contributed by atoms with van der Waals surface area (Å²) >= 11 is 0. The molecule has 7 heteroatoms. The summed E-state index contributed by atoms with van der Waals surface area (Å²) in [5.41, 5.74) is 2.15. The summed E-state index contributed by atoms with van der Waals surface area (Å²) in [5, 5.41) is 3.47. The van der Waals surface area contributed by atoms with Crippen molar-refractivity contribution >= 4 is 41.0 Å². The van der Waals surface area contributed by atoms with E-state index in [1.807, 2.05) is 25.2 Å². The monoisotopic (exact) mass is 485 g/mol. The number of aromatic nitrogens is 2. The van der Waals surface area contributed by atoms with Gasteiger partial charge in [-0.2, -0.15) is 0 Å². The zero-order valence-electron chi connectivity index (χ0n) is 16.4. The molecule has 3 rings (SSSR count). The van der Waals surface area contributed by atoms with Crippen LogP contribution in [0.25, 0.3) is 11.0 Å². The Balaban J connectivity index is 0.00000261. The topological polar surface area (TPSA) is 65.5 Å². The maximum absolute atomic E-state index is 5.44. The lowest BCUT2D eigenvalue weighted by Crippen LogP contribution is -2.40. The highest BCUT2D eigenvalue weighted by atomic mass is 127. The Kier molecular flexibility index (Phi) is 9.33. The van der Waals surface area contributed by atoms with Crippen LogP contribution in [0.1, 0.15) is 31.5 Å². The van der Waals surface area contributed by atoms with Gasteiger partial charge < -0.3 is 19.9 Å². The number of nitrogens with one attached hydrogen (secondary N) is 2. The Labute approximate surface area is 179 Å². The smallest absolute Gasteiger partial charge is 0.193 e. The summed E-state index contributed by atoms with van der Waals surface area (Å²) < 4.78 is 5.44. The van der Waals surface area contributed by atoms with Gasteiger partial charge in [0.1, 0.15) is 5.82 Å². The van der Waals surface area contributed by atoms with Gasteiger partial charge in [-0.3, -0.25) is 4.99 Å². The molecule has 0 aliphatic carbocycles. The maximum atomic E-state index is 5.44. The van der Waals surface area contributed by atoms with E-state index in [-0.39, 0.29) is 24.0 Å². The number of aliphatic imine (C=N–C) groups is 1. The number of guanidine groups is 1. The van der Waals surface area contributed by atoms with Crippen molar-refractivity contribution < 1.29 is 4.74 Å². The van der Waals surface area contributed by atoms with Crippen LogP contribution in [0.4, 0.5) is 0 Å². The molecule has 2 aromatic rings. The van der Waals surface area contributed by atoms with Crippen molar-refractivity contribution in [3.63, 3.8) is 0 Å². The van der Waals surface area contributed by atoms with Crippen LogP contribution in [0.3, 0.4) is 0 Å². The Morgan fingerprint density at radius 1 is 1.33 bits per heavy atom. The molecule has 0 unspecified atom stereocenters. The zero-order chi connectivity index (χ0) is 18.2. The average Bonchev–Trinajstić information content (AvgIpc) is 3.10. The van der Waals surface area contributed by atoms with Crippen molar-refractivity contribution in [2.24, 2.45) is 10.9 Å². The highest BCUT2D eigenvalue weighted by Gasteiger charge is 2.15. The second-order valence-corrected chi connectivity index (χ2v) is 7.04. The third-order valence-electron chi connectivity index (χ3n) is 5.10. The Morgan fingerprint density at radius 2 is 2.11 bits per heavy atom. The number of ether oxygens (including phenoxy) is 1. The largest absolute Gasteiger partial charge is 0.381 e. The molecule has 0 bridgehead atoms. The predicted octanol–water partition coefficient (Wildman–Crippen LogP) is 3.44. The molecule has 0 atom stereocenters. The lowest BCUT2D eigenvalue weighted by Gasteiger charge is -2.26. The van der Waals surface area contributed by atoms with E-state index in [1.54, 1.807) is 0 Å². The number of rotatable bonds is 7. The van der Waals surface area contributed by atoms with Crippen molar-refractivity contribution in [1.29, 1.82) is 0 Å². The highest BCUT2D eigenvalue weighted by Crippen LogP contribution is 2.18. The Bertz CT molecular complexity index is 678. The van der Waals surface area contributed by atoms with Crippen LogP contribution in [0.15, 0.2) is 29.3 Å². The van der Waals surface area contributed by atoms with Gasteiger partial charge in [0.2, 0.25) is 0 Å². The Morgan fingerprint density at radius 3 is 2.85 bits per heavy atom. The Hall–Kier alpha value is -1.35. The van der Waals surface area contributed by atoms with Gasteiger partial charge in [0.15, 0.2) is 5.96 Å². The molecule has 150 valence electrons. The van der Waals surface area contributed by atoms with Crippen LogP contribution in [0, 0.1) is 5.92 Å². The first-order chi connectivity index (χ1) is 12.8. The third kappa shape index (κ3) is 6.64. The minimum Gasteiger partial charge on any atom is -0.381 e. The summed E-state index contributed by atoms with van der Waals surface area (Å²) in [6.45, 7) is 3.77. The van der Waals surface area contributed by atoms with Crippen LogP contribution in [0.2, 0.25) is 0 Å². The van der Waals surface area contributed by atoms with Gasteiger partial charge in [-0.15, -0.1) is 24.0 Å². The number of aryl methyl sites for hydroxylation is 1. The summed E-state index contributed by atoms with van der Waals surface area (Å²) in [7, 11) is 3.97. The number of nitrogens with zero attached hydrogens (tertiary/aromatic N) is 3. The number of imidazole rings is 1. The number of hydrogen-bond donors (Lipinski definition) is 2. The van der Waals surface area contributed by atoms with Gasteiger partial charge in [0, 0.05) is 46.8 Å². The number of benzene rings is 1. The first-order valence-electron chi connectivity index (χ1n) is 9.69. The van der Waals surface area contributed by atoms with Crippen molar-refractivity contribution in [3.8, 4) is 0 Å². The van der Waals surface area contributed by atoms with Crippen molar-refractivity contribution in [2.45, 2.75) is 32.1 Å². The molecule has 1 fully saturated rings. The summed E-state index contributed by atoms with van der Waals surface area (Å²) in [4.78, 5) is 14.7. The number of halogens is 1. The van der Waals surface area contributed by atoms with Crippen LogP contribution >= 0.6 is 24.0 Å². The summed E-state index contributed by atoms with van der Waals surface area (Å²) in [6, 6.07) is 8.17. The second-order valence-electron chi connectivity index (χ2n) is 7.04. The van der Waals surface area contributed by atoms with Crippen molar-refractivity contribution in [1.82, 2.24) is 20.2 Å². The minimum atomic E-state index is 0. The van der Waals surface area contributed by atoms with Crippen LogP contribution in [-0.4, -0.2) is 61.2 Å². The first-order valence-corrected chi connectivity index (χ1v) is 9.69. The molecule has 0 radical (unpaired) electrons. The quantitative estimate of drug-likeness (QED) is 0.273. The molecule has 6 nitrogen and oxygen atoms in total. The standard InChI is InChI=1S/C20H31N5O.HI/c1-21-20(25(2)13-9-16-10-14-26-15-11-16)22-12-5-8-19-23-17-6-3-4-7-18(17)24-19;/h3-4,6-7,16H,5,8-15H2,1-2H3,(H,21,22)(H,23,24);1H. The number of H-pyrrole nitrogens is 1.